The molecule has 11 N–H and O–H groups in total. The number of unbranched alkanes of at least 4 members (excludes halogenated alkanes) is 1. The summed E-state index contributed by atoms with van der Waals surface area (Å²) in [5, 5.41) is 46.4. The van der Waals surface area contributed by atoms with E-state index in [1.165, 1.54) is 48.5 Å². The van der Waals surface area contributed by atoms with Gasteiger partial charge in [0, 0.05) is 12.8 Å². The largest absolute Gasteiger partial charge is 0.508 e. The van der Waals surface area contributed by atoms with E-state index in [4.69, 9.17) is 11.5 Å². The lowest BCUT2D eigenvalue weighted by Crippen LogP contribution is -2.58. The summed E-state index contributed by atoms with van der Waals surface area (Å²) in [6, 6.07) is 13.4. The fraction of sp³-hybridized carbons (Fsp3) is 0.333. The summed E-state index contributed by atoms with van der Waals surface area (Å²) in [5.74, 6) is -3.27. The van der Waals surface area contributed by atoms with Crippen LogP contribution in [0.1, 0.15) is 36.0 Å². The van der Waals surface area contributed by atoms with Crippen molar-refractivity contribution in [2.75, 3.05) is 6.54 Å². The molecular weight excluding hydrogens is 594 g/mol. The van der Waals surface area contributed by atoms with Crippen LogP contribution in [0.25, 0.3) is 0 Å². The van der Waals surface area contributed by atoms with Gasteiger partial charge in [0.25, 0.3) is 0 Å². The maximum Gasteiger partial charge on any atom is 0.326 e. The van der Waals surface area contributed by atoms with Crippen LogP contribution in [0.2, 0.25) is 0 Å². The summed E-state index contributed by atoms with van der Waals surface area (Å²) in [6.45, 7) is 0.367. The number of hydrogen-bond donors (Lipinski definition) is 9. The fourth-order valence-electron chi connectivity index (χ4n) is 4.71. The molecule has 46 heavy (non-hydrogen) atoms. The van der Waals surface area contributed by atoms with Crippen LogP contribution in [0.5, 0.6) is 17.2 Å². The first kappa shape index (κ1) is 35.3. The number of aromatic hydroxyl groups is 3. The molecule has 0 aliphatic heterocycles. The maximum atomic E-state index is 13.6. The molecule has 13 nitrogen and oxygen atoms in total. The minimum Gasteiger partial charge on any atom is -0.508 e. The molecule has 0 fully saturated rings. The number of amides is 3. The van der Waals surface area contributed by atoms with Crippen LogP contribution in [0, 0.1) is 0 Å². The fourth-order valence-corrected chi connectivity index (χ4v) is 4.71. The zero-order valence-electron chi connectivity index (χ0n) is 25.3. The Balaban J connectivity index is 1.78. The average molecular weight is 636 g/mol. The Morgan fingerprint density at radius 3 is 1.41 bits per heavy atom. The number of carbonyl (C=O) groups excluding carboxylic acids is 3. The van der Waals surface area contributed by atoms with Crippen molar-refractivity contribution >= 4 is 23.7 Å². The number of aliphatic carboxylic acids is 1. The Morgan fingerprint density at radius 2 is 0.957 bits per heavy atom. The number of nitrogens with two attached hydrogens (primary N) is 2. The number of phenolic OH excluding ortho intramolecular Hbond substituents is 3. The van der Waals surface area contributed by atoms with Gasteiger partial charge in [-0.3, -0.25) is 14.4 Å². The van der Waals surface area contributed by atoms with Gasteiger partial charge in [-0.1, -0.05) is 36.4 Å². The summed E-state index contributed by atoms with van der Waals surface area (Å²) in [6.07, 6.45) is 1.28. The smallest absolute Gasteiger partial charge is 0.326 e. The Hall–Kier alpha value is -5.14. The third-order valence-electron chi connectivity index (χ3n) is 7.31. The molecule has 0 radical (unpaired) electrons. The molecule has 3 rings (SSSR count). The summed E-state index contributed by atoms with van der Waals surface area (Å²) in [7, 11) is 0. The van der Waals surface area contributed by atoms with E-state index in [1.807, 2.05) is 0 Å². The number of rotatable bonds is 17. The summed E-state index contributed by atoms with van der Waals surface area (Å²) < 4.78 is 0. The lowest BCUT2D eigenvalue weighted by molar-refractivity contribution is -0.142. The van der Waals surface area contributed by atoms with E-state index < -0.39 is 47.9 Å². The van der Waals surface area contributed by atoms with Crippen LogP contribution >= 0.6 is 0 Å². The van der Waals surface area contributed by atoms with Crippen molar-refractivity contribution in [1.29, 1.82) is 0 Å². The minimum absolute atomic E-state index is 0.0000472. The van der Waals surface area contributed by atoms with E-state index in [0.29, 0.717) is 36.1 Å². The van der Waals surface area contributed by atoms with Gasteiger partial charge in [-0.05, 0) is 85.3 Å². The highest BCUT2D eigenvalue weighted by Gasteiger charge is 2.30. The van der Waals surface area contributed by atoms with Gasteiger partial charge in [0.15, 0.2) is 0 Å². The van der Waals surface area contributed by atoms with E-state index in [1.54, 1.807) is 24.3 Å². The second-order valence-corrected chi connectivity index (χ2v) is 11.0. The highest BCUT2D eigenvalue weighted by atomic mass is 16.4. The molecule has 4 unspecified atom stereocenters. The highest BCUT2D eigenvalue weighted by Crippen LogP contribution is 2.15. The zero-order chi connectivity index (χ0) is 33.6. The van der Waals surface area contributed by atoms with E-state index in [9.17, 15) is 39.6 Å². The molecule has 13 heteroatoms. The van der Waals surface area contributed by atoms with Gasteiger partial charge in [-0.2, -0.15) is 0 Å². The summed E-state index contributed by atoms with van der Waals surface area (Å²) in [5.41, 5.74) is 13.6. The van der Waals surface area contributed by atoms with E-state index in [-0.39, 0.29) is 42.9 Å². The first-order valence-electron chi connectivity index (χ1n) is 14.9. The van der Waals surface area contributed by atoms with Crippen LogP contribution in [-0.2, 0) is 38.4 Å². The second-order valence-electron chi connectivity index (χ2n) is 11.0. The van der Waals surface area contributed by atoms with Crippen molar-refractivity contribution in [1.82, 2.24) is 16.0 Å². The van der Waals surface area contributed by atoms with E-state index >= 15 is 0 Å². The Bertz CT molecular complexity index is 1450. The van der Waals surface area contributed by atoms with Crippen LogP contribution in [0.4, 0.5) is 0 Å². The molecule has 0 saturated heterocycles. The number of benzene rings is 3. The van der Waals surface area contributed by atoms with Gasteiger partial charge in [-0.25, -0.2) is 4.79 Å². The molecule has 3 aromatic carbocycles. The summed E-state index contributed by atoms with van der Waals surface area (Å²) >= 11 is 0. The molecule has 0 spiro atoms. The standard InChI is InChI=1S/C33H41N5O8/c34-16-2-1-3-27(36-30(42)26(35)17-20-4-10-23(39)11-5-20)31(43)37-28(18-21-6-12-24(40)13-7-21)32(44)38-29(33(45)46)19-22-8-14-25(41)15-9-22/h4-15,26-29,39-41H,1-3,16-19,34-35H2,(H,36,42)(H,37,43)(H,38,44)(H,45,46). The van der Waals surface area contributed by atoms with Gasteiger partial charge < -0.3 is 47.8 Å². The molecule has 0 aliphatic carbocycles. The van der Waals surface area contributed by atoms with Crippen LogP contribution in [0.3, 0.4) is 0 Å². The number of carboxylic acids is 1. The van der Waals surface area contributed by atoms with E-state index in [2.05, 4.69) is 16.0 Å². The number of carboxylic acid groups (broad SMARTS) is 1. The molecular formula is C33H41N5O8. The van der Waals surface area contributed by atoms with Crippen molar-refractivity contribution in [2.45, 2.75) is 62.7 Å². The van der Waals surface area contributed by atoms with Gasteiger partial charge in [0.05, 0.1) is 6.04 Å². The maximum absolute atomic E-state index is 13.6. The molecule has 3 amide bonds. The van der Waals surface area contributed by atoms with Crippen LogP contribution in [0.15, 0.2) is 72.8 Å². The minimum atomic E-state index is -1.35. The van der Waals surface area contributed by atoms with Gasteiger partial charge >= 0.3 is 5.97 Å². The molecule has 246 valence electrons. The quantitative estimate of drug-likeness (QED) is 0.0947. The number of carbonyl (C=O) groups is 4. The molecule has 0 bridgehead atoms. The molecule has 3 aromatic rings. The summed E-state index contributed by atoms with van der Waals surface area (Å²) in [4.78, 5) is 52.3. The third kappa shape index (κ3) is 11.4. The van der Waals surface area contributed by atoms with Crippen molar-refractivity contribution in [3.8, 4) is 17.2 Å². The third-order valence-corrected chi connectivity index (χ3v) is 7.31. The van der Waals surface area contributed by atoms with Gasteiger partial charge in [0.1, 0.15) is 35.4 Å². The van der Waals surface area contributed by atoms with E-state index in [0.717, 1.165) is 0 Å². The van der Waals surface area contributed by atoms with Crippen molar-refractivity contribution in [3.05, 3.63) is 89.5 Å². The zero-order valence-corrected chi connectivity index (χ0v) is 25.3. The predicted molar refractivity (Wildman–Crippen MR) is 170 cm³/mol. The molecule has 0 aliphatic rings. The molecule has 4 atom stereocenters. The number of nitrogens with one attached hydrogen (secondary N) is 3. The second kappa shape index (κ2) is 17.4. The molecule has 0 heterocycles. The Labute approximate surface area is 266 Å². The lowest BCUT2D eigenvalue weighted by atomic mass is 10.0. The molecule has 0 aromatic heterocycles. The van der Waals surface area contributed by atoms with Gasteiger partial charge in [-0.15, -0.1) is 0 Å². The lowest BCUT2D eigenvalue weighted by Gasteiger charge is -2.25. The number of phenols is 3. The predicted octanol–water partition coefficient (Wildman–Crippen LogP) is 0.827. The van der Waals surface area contributed by atoms with Gasteiger partial charge in [0.2, 0.25) is 17.7 Å². The first-order chi connectivity index (χ1) is 21.9. The molecule has 0 saturated carbocycles. The normalized spacial score (nSPS) is 13.5. The van der Waals surface area contributed by atoms with Crippen LogP contribution < -0.4 is 27.4 Å². The van der Waals surface area contributed by atoms with Crippen molar-refractivity contribution in [2.24, 2.45) is 11.5 Å². The highest BCUT2D eigenvalue weighted by molar-refractivity contribution is 5.94. The Kier molecular flexibility index (Phi) is 13.3. The average Bonchev–Trinajstić information content (AvgIpc) is 3.02. The van der Waals surface area contributed by atoms with Crippen molar-refractivity contribution < 1.29 is 39.6 Å². The number of hydrogen-bond acceptors (Lipinski definition) is 9. The monoisotopic (exact) mass is 635 g/mol. The Morgan fingerprint density at radius 1 is 0.565 bits per heavy atom. The SMILES string of the molecule is NCCCCC(NC(=O)C(N)Cc1ccc(O)cc1)C(=O)NC(Cc1ccc(O)cc1)C(=O)NC(Cc1ccc(O)cc1)C(=O)O. The van der Waals surface area contributed by atoms with Crippen LogP contribution in [-0.4, -0.2) is 74.8 Å². The first-order valence-corrected chi connectivity index (χ1v) is 14.9. The van der Waals surface area contributed by atoms with Crippen molar-refractivity contribution in [3.63, 3.8) is 0 Å². The topological polar surface area (TPSA) is 237 Å².